The standard InChI is InChI=1S/C10H11BrO4S/c1-6-3-4-8(10(12)15-11)7(2)9(6)5-16(13)14/h3-4H,5H2,1-2H3,(H,13,14)/p-1. The minimum absolute atomic E-state index is 0.0962. The number of rotatable bonds is 3. The van der Waals surface area contributed by atoms with Gasteiger partial charge in [-0.05, 0) is 36.6 Å². The molecule has 4 nitrogen and oxygen atoms in total. The van der Waals surface area contributed by atoms with Gasteiger partial charge in [0.15, 0.2) is 16.3 Å². The fourth-order valence-electron chi connectivity index (χ4n) is 1.49. The molecule has 1 rings (SSSR count). The first-order valence-corrected chi connectivity index (χ1v) is 6.34. The van der Waals surface area contributed by atoms with E-state index in [-0.39, 0.29) is 5.75 Å². The van der Waals surface area contributed by atoms with Gasteiger partial charge in [0.1, 0.15) is 0 Å². The second kappa shape index (κ2) is 5.56. The number of hydrogen-bond acceptors (Lipinski definition) is 4. The SMILES string of the molecule is Cc1ccc(C(=O)OBr)c(C)c1CS(=O)[O-]. The van der Waals surface area contributed by atoms with Gasteiger partial charge >= 0.3 is 5.97 Å². The van der Waals surface area contributed by atoms with Crippen molar-refractivity contribution in [2.45, 2.75) is 19.6 Å². The average molecular weight is 306 g/mol. The van der Waals surface area contributed by atoms with Crippen molar-refractivity contribution in [2.75, 3.05) is 0 Å². The molecule has 0 amide bonds. The zero-order valence-corrected chi connectivity index (χ0v) is 11.2. The number of aryl methyl sites for hydroxylation is 1. The number of benzene rings is 1. The summed E-state index contributed by atoms with van der Waals surface area (Å²) in [6, 6.07) is 3.32. The fourth-order valence-corrected chi connectivity index (χ4v) is 2.35. The summed E-state index contributed by atoms with van der Waals surface area (Å²) in [6.07, 6.45) is 0. The topological polar surface area (TPSA) is 66.4 Å². The maximum Gasteiger partial charge on any atom is 0.349 e. The fraction of sp³-hybridized carbons (Fsp3) is 0.300. The summed E-state index contributed by atoms with van der Waals surface area (Å²) in [5, 5.41) is 0. The van der Waals surface area contributed by atoms with E-state index in [1.54, 1.807) is 26.0 Å². The van der Waals surface area contributed by atoms with E-state index in [2.05, 4.69) is 20.1 Å². The summed E-state index contributed by atoms with van der Waals surface area (Å²) >= 11 is 0.434. The van der Waals surface area contributed by atoms with E-state index >= 15 is 0 Å². The van der Waals surface area contributed by atoms with Crippen LogP contribution in [0.25, 0.3) is 0 Å². The predicted molar refractivity (Wildman–Crippen MR) is 62.9 cm³/mol. The zero-order chi connectivity index (χ0) is 12.3. The molecule has 0 N–H and O–H groups in total. The minimum atomic E-state index is -2.17. The molecular weight excluding hydrogens is 296 g/mol. The number of carbonyl (C=O) groups excluding carboxylic acids is 1. The molecule has 0 aliphatic carbocycles. The quantitative estimate of drug-likeness (QED) is 0.803. The molecule has 0 saturated carbocycles. The van der Waals surface area contributed by atoms with Crippen LogP contribution in [-0.2, 0) is 20.7 Å². The second-order valence-electron chi connectivity index (χ2n) is 3.35. The van der Waals surface area contributed by atoms with Crippen molar-refractivity contribution >= 4 is 33.3 Å². The van der Waals surface area contributed by atoms with Crippen LogP contribution >= 0.6 is 16.3 Å². The first kappa shape index (κ1) is 13.3. The third kappa shape index (κ3) is 2.90. The van der Waals surface area contributed by atoms with Crippen LogP contribution in [0, 0.1) is 13.8 Å². The number of carbonyl (C=O) groups is 1. The maximum atomic E-state index is 11.4. The summed E-state index contributed by atoms with van der Waals surface area (Å²) < 4.78 is 25.8. The minimum Gasteiger partial charge on any atom is -0.772 e. The summed E-state index contributed by atoms with van der Waals surface area (Å²) in [5.41, 5.74) is 2.48. The van der Waals surface area contributed by atoms with Gasteiger partial charge in [-0.25, -0.2) is 4.79 Å². The normalized spacial score (nSPS) is 12.2. The lowest BCUT2D eigenvalue weighted by Gasteiger charge is -2.14. The van der Waals surface area contributed by atoms with Crippen LogP contribution in [0.2, 0.25) is 0 Å². The highest BCUT2D eigenvalue weighted by molar-refractivity contribution is 9.06. The predicted octanol–water partition coefficient (Wildman–Crippen LogP) is 2.15. The molecule has 0 aliphatic heterocycles. The van der Waals surface area contributed by atoms with Crippen LogP contribution in [-0.4, -0.2) is 14.7 Å². The van der Waals surface area contributed by atoms with Gasteiger partial charge in [0.05, 0.1) is 5.56 Å². The molecule has 0 heterocycles. The van der Waals surface area contributed by atoms with Crippen LogP contribution < -0.4 is 0 Å². The van der Waals surface area contributed by atoms with Gasteiger partial charge < -0.3 is 8.38 Å². The van der Waals surface area contributed by atoms with Crippen molar-refractivity contribution < 1.29 is 17.4 Å². The van der Waals surface area contributed by atoms with Gasteiger partial charge in [-0.3, -0.25) is 4.21 Å². The van der Waals surface area contributed by atoms with Gasteiger partial charge in [0.2, 0.25) is 0 Å². The Morgan fingerprint density at radius 1 is 1.50 bits per heavy atom. The largest absolute Gasteiger partial charge is 0.772 e. The molecule has 1 aromatic carbocycles. The Morgan fingerprint density at radius 2 is 2.12 bits per heavy atom. The smallest absolute Gasteiger partial charge is 0.349 e. The molecule has 0 aromatic heterocycles. The Bertz CT molecular complexity index is 445. The average Bonchev–Trinajstić information content (AvgIpc) is 2.23. The number of hydrogen-bond donors (Lipinski definition) is 0. The van der Waals surface area contributed by atoms with Gasteiger partial charge in [-0.15, -0.1) is 0 Å². The van der Waals surface area contributed by atoms with Crippen molar-refractivity contribution in [3.05, 3.63) is 34.4 Å². The Kier molecular flexibility index (Phi) is 4.64. The van der Waals surface area contributed by atoms with Crippen molar-refractivity contribution in [3.8, 4) is 0 Å². The molecule has 0 aliphatic rings. The van der Waals surface area contributed by atoms with Crippen LogP contribution in [0.3, 0.4) is 0 Å². The van der Waals surface area contributed by atoms with E-state index < -0.39 is 17.0 Å². The maximum absolute atomic E-state index is 11.4. The zero-order valence-electron chi connectivity index (χ0n) is 8.78. The van der Waals surface area contributed by atoms with E-state index in [1.165, 1.54) is 0 Å². The highest BCUT2D eigenvalue weighted by Crippen LogP contribution is 2.20. The van der Waals surface area contributed by atoms with E-state index in [0.29, 0.717) is 16.7 Å². The highest BCUT2D eigenvalue weighted by atomic mass is 79.9. The second-order valence-corrected chi connectivity index (χ2v) is 4.57. The lowest BCUT2D eigenvalue weighted by Crippen LogP contribution is -2.07. The van der Waals surface area contributed by atoms with Crippen LogP contribution in [0.1, 0.15) is 27.0 Å². The van der Waals surface area contributed by atoms with Crippen molar-refractivity contribution in [1.29, 1.82) is 0 Å². The van der Waals surface area contributed by atoms with Crippen LogP contribution in [0.15, 0.2) is 12.1 Å². The Labute approximate surface area is 105 Å². The molecule has 16 heavy (non-hydrogen) atoms. The number of halogens is 1. The molecule has 0 saturated heterocycles. The lowest BCUT2D eigenvalue weighted by atomic mass is 9.99. The molecule has 6 heteroatoms. The lowest BCUT2D eigenvalue weighted by molar-refractivity contribution is 0.0781. The third-order valence-electron chi connectivity index (χ3n) is 2.38. The van der Waals surface area contributed by atoms with Gasteiger partial charge in [0.25, 0.3) is 0 Å². The summed E-state index contributed by atoms with van der Waals surface area (Å²) in [4.78, 5) is 11.4. The molecule has 0 bridgehead atoms. The third-order valence-corrected chi connectivity index (χ3v) is 3.20. The summed E-state index contributed by atoms with van der Waals surface area (Å²) in [6.45, 7) is 3.51. The molecule has 1 aromatic rings. The van der Waals surface area contributed by atoms with E-state index in [1.807, 2.05) is 0 Å². The van der Waals surface area contributed by atoms with Crippen LogP contribution in [0.4, 0.5) is 0 Å². The van der Waals surface area contributed by atoms with E-state index in [9.17, 15) is 13.6 Å². The molecule has 0 spiro atoms. The van der Waals surface area contributed by atoms with Crippen molar-refractivity contribution in [1.82, 2.24) is 0 Å². The van der Waals surface area contributed by atoms with Gasteiger partial charge in [-0.1, -0.05) is 17.1 Å². The molecule has 88 valence electrons. The summed E-state index contributed by atoms with van der Waals surface area (Å²) in [5.74, 6) is -0.628. The first-order valence-electron chi connectivity index (χ1n) is 4.45. The molecule has 1 atom stereocenters. The Balaban J connectivity index is 3.26. The Hall–Kier alpha value is -0.720. The summed E-state index contributed by atoms with van der Waals surface area (Å²) in [7, 11) is 0. The van der Waals surface area contributed by atoms with Gasteiger partial charge in [0, 0.05) is 5.75 Å². The van der Waals surface area contributed by atoms with Crippen molar-refractivity contribution in [3.63, 3.8) is 0 Å². The first-order chi connectivity index (χ1) is 7.47. The molecule has 0 radical (unpaired) electrons. The highest BCUT2D eigenvalue weighted by Gasteiger charge is 2.14. The van der Waals surface area contributed by atoms with Gasteiger partial charge in [-0.2, -0.15) is 0 Å². The molecule has 0 fully saturated rings. The van der Waals surface area contributed by atoms with E-state index in [0.717, 1.165) is 5.56 Å². The molecule has 1 unspecified atom stereocenters. The Morgan fingerprint density at radius 3 is 2.62 bits per heavy atom. The van der Waals surface area contributed by atoms with Crippen molar-refractivity contribution in [2.24, 2.45) is 0 Å². The van der Waals surface area contributed by atoms with Crippen LogP contribution in [0.5, 0.6) is 0 Å². The van der Waals surface area contributed by atoms with E-state index in [4.69, 9.17) is 0 Å². The molecular formula is C10H10BrO4S-. The monoisotopic (exact) mass is 305 g/mol.